The molecule has 0 fully saturated rings. The van der Waals surface area contributed by atoms with Gasteiger partial charge in [-0.05, 0) is 37.5 Å². The number of rotatable bonds is 8. The Morgan fingerprint density at radius 1 is 0.857 bits per heavy atom. The van der Waals surface area contributed by atoms with Crippen molar-refractivity contribution in [2.24, 2.45) is 0 Å². The van der Waals surface area contributed by atoms with Crippen LogP contribution in [0.15, 0.2) is 75.9 Å². The molecule has 0 atom stereocenters. The molecule has 0 aliphatic rings. The van der Waals surface area contributed by atoms with Crippen LogP contribution in [0.25, 0.3) is 45.4 Å². The van der Waals surface area contributed by atoms with Crippen molar-refractivity contribution in [1.82, 2.24) is 20.3 Å². The lowest BCUT2D eigenvalue weighted by Crippen LogP contribution is -1.90. The Labute approximate surface area is 209 Å². The van der Waals surface area contributed by atoms with E-state index >= 15 is 0 Å². The van der Waals surface area contributed by atoms with Gasteiger partial charge < -0.3 is 9.05 Å². The lowest BCUT2D eigenvalue weighted by atomic mass is 10.1. The molecule has 0 saturated carbocycles. The van der Waals surface area contributed by atoms with Crippen molar-refractivity contribution < 1.29 is 9.05 Å². The minimum absolute atomic E-state index is 0.332. The van der Waals surface area contributed by atoms with E-state index < -0.39 is 0 Å². The standard InChI is InChI=1S/C28H25ClN4O2/c1-3-4-5-8-19-11-16-24(30-17-19)20-12-14-21(15-13-20)27-31-28(35-33-27)25-18(2)34-32-26(25)22-9-6-7-10-23(22)29/h6-7,9-17H,3-5,8H2,1-2H3. The molecule has 5 rings (SSSR count). The van der Waals surface area contributed by atoms with Crippen LogP contribution in [-0.4, -0.2) is 20.3 Å². The van der Waals surface area contributed by atoms with Gasteiger partial charge in [-0.1, -0.05) is 90.2 Å². The molecule has 3 heterocycles. The first-order valence-electron chi connectivity index (χ1n) is 11.7. The fourth-order valence-electron chi connectivity index (χ4n) is 4.02. The summed E-state index contributed by atoms with van der Waals surface area (Å²) in [7, 11) is 0. The molecule has 0 amide bonds. The summed E-state index contributed by atoms with van der Waals surface area (Å²) < 4.78 is 11.0. The highest BCUT2D eigenvalue weighted by Crippen LogP contribution is 2.37. The van der Waals surface area contributed by atoms with Gasteiger partial charge in [0.2, 0.25) is 5.82 Å². The highest BCUT2D eigenvalue weighted by molar-refractivity contribution is 6.33. The lowest BCUT2D eigenvalue weighted by molar-refractivity contribution is 0.397. The van der Waals surface area contributed by atoms with Crippen molar-refractivity contribution in [2.75, 3.05) is 0 Å². The number of hydrogen-bond donors (Lipinski definition) is 0. The van der Waals surface area contributed by atoms with Crippen LogP contribution in [0.4, 0.5) is 0 Å². The summed E-state index contributed by atoms with van der Waals surface area (Å²) in [5.74, 6) is 1.39. The molecule has 0 N–H and O–H groups in total. The Morgan fingerprint density at radius 2 is 1.66 bits per heavy atom. The van der Waals surface area contributed by atoms with E-state index in [9.17, 15) is 0 Å². The lowest BCUT2D eigenvalue weighted by Gasteiger charge is -2.04. The number of benzene rings is 2. The Balaban J connectivity index is 1.37. The molecule has 0 aliphatic heterocycles. The summed E-state index contributed by atoms with van der Waals surface area (Å²) in [6.07, 6.45) is 6.72. The molecule has 2 aromatic carbocycles. The zero-order valence-electron chi connectivity index (χ0n) is 19.7. The second kappa shape index (κ2) is 10.2. The van der Waals surface area contributed by atoms with Crippen LogP contribution in [0.3, 0.4) is 0 Å². The van der Waals surface area contributed by atoms with Gasteiger partial charge in [0.25, 0.3) is 5.89 Å². The topological polar surface area (TPSA) is 77.8 Å². The van der Waals surface area contributed by atoms with E-state index in [-0.39, 0.29) is 0 Å². The van der Waals surface area contributed by atoms with Crippen LogP contribution >= 0.6 is 11.6 Å². The molecular weight excluding hydrogens is 460 g/mol. The van der Waals surface area contributed by atoms with Gasteiger partial charge in [0, 0.05) is 22.9 Å². The third-order valence-electron chi connectivity index (χ3n) is 5.96. The first-order chi connectivity index (χ1) is 17.1. The molecule has 0 aliphatic carbocycles. The van der Waals surface area contributed by atoms with E-state index in [0.29, 0.717) is 33.8 Å². The van der Waals surface area contributed by atoms with Crippen LogP contribution in [0.5, 0.6) is 0 Å². The number of aromatic nitrogens is 4. The number of nitrogens with zero attached hydrogens (tertiary/aromatic N) is 4. The second-order valence-electron chi connectivity index (χ2n) is 8.45. The summed E-state index contributed by atoms with van der Waals surface area (Å²) in [4.78, 5) is 9.26. The third kappa shape index (κ3) is 4.88. The van der Waals surface area contributed by atoms with Gasteiger partial charge >= 0.3 is 0 Å². The Hall–Kier alpha value is -3.77. The monoisotopic (exact) mass is 484 g/mol. The zero-order chi connectivity index (χ0) is 24.2. The molecule has 0 saturated heterocycles. The minimum Gasteiger partial charge on any atom is -0.360 e. The molecule has 0 radical (unpaired) electrons. The summed E-state index contributed by atoms with van der Waals surface area (Å²) in [6.45, 7) is 4.03. The van der Waals surface area contributed by atoms with Gasteiger partial charge in [0.05, 0.1) is 10.7 Å². The molecule has 35 heavy (non-hydrogen) atoms. The Kier molecular flexibility index (Phi) is 6.73. The van der Waals surface area contributed by atoms with Crippen molar-refractivity contribution in [2.45, 2.75) is 39.5 Å². The summed E-state index contributed by atoms with van der Waals surface area (Å²) in [6, 6.07) is 19.7. The number of hydrogen-bond acceptors (Lipinski definition) is 6. The van der Waals surface area contributed by atoms with Gasteiger partial charge in [-0.3, -0.25) is 4.98 Å². The summed E-state index contributed by atoms with van der Waals surface area (Å²) in [5.41, 5.74) is 6.04. The fraction of sp³-hybridized carbons (Fsp3) is 0.214. The van der Waals surface area contributed by atoms with E-state index in [2.05, 4.69) is 39.3 Å². The predicted molar refractivity (Wildman–Crippen MR) is 137 cm³/mol. The molecular formula is C28H25ClN4O2. The number of unbranched alkanes of at least 4 members (excludes halogenated alkanes) is 2. The number of halogens is 1. The van der Waals surface area contributed by atoms with Crippen molar-refractivity contribution in [3.05, 3.63) is 83.2 Å². The highest BCUT2D eigenvalue weighted by atomic mass is 35.5. The average molecular weight is 485 g/mol. The van der Waals surface area contributed by atoms with Gasteiger partial charge in [-0.15, -0.1) is 0 Å². The van der Waals surface area contributed by atoms with Crippen LogP contribution in [0, 0.1) is 6.92 Å². The third-order valence-corrected chi connectivity index (χ3v) is 6.29. The number of aryl methyl sites for hydroxylation is 2. The van der Waals surface area contributed by atoms with Crippen LogP contribution < -0.4 is 0 Å². The maximum Gasteiger partial charge on any atom is 0.264 e. The van der Waals surface area contributed by atoms with E-state index in [1.54, 1.807) is 6.07 Å². The SMILES string of the molecule is CCCCCc1ccc(-c2ccc(-c3noc(-c4c(-c5ccccc5Cl)noc4C)n3)cc2)nc1. The van der Waals surface area contributed by atoms with E-state index in [1.807, 2.05) is 55.6 Å². The van der Waals surface area contributed by atoms with Crippen molar-refractivity contribution in [3.63, 3.8) is 0 Å². The molecule has 7 heteroatoms. The van der Waals surface area contributed by atoms with Crippen molar-refractivity contribution in [3.8, 4) is 45.4 Å². The summed E-state index contributed by atoms with van der Waals surface area (Å²) >= 11 is 6.38. The van der Waals surface area contributed by atoms with E-state index in [4.69, 9.17) is 20.6 Å². The highest BCUT2D eigenvalue weighted by Gasteiger charge is 2.23. The molecule has 5 aromatic rings. The van der Waals surface area contributed by atoms with Crippen LogP contribution in [0.1, 0.15) is 37.5 Å². The smallest absolute Gasteiger partial charge is 0.264 e. The molecule has 0 bridgehead atoms. The van der Waals surface area contributed by atoms with Gasteiger partial charge in [0.1, 0.15) is 17.0 Å². The molecule has 3 aromatic heterocycles. The van der Waals surface area contributed by atoms with Crippen LogP contribution in [0.2, 0.25) is 5.02 Å². The predicted octanol–water partition coefficient (Wildman–Crippen LogP) is 7.82. The van der Waals surface area contributed by atoms with Gasteiger partial charge in [0.15, 0.2) is 0 Å². The fourth-order valence-corrected chi connectivity index (χ4v) is 4.24. The Bertz CT molecular complexity index is 1420. The van der Waals surface area contributed by atoms with E-state index in [1.165, 1.54) is 24.8 Å². The van der Waals surface area contributed by atoms with Crippen LogP contribution in [-0.2, 0) is 6.42 Å². The normalized spacial score (nSPS) is 11.2. The minimum atomic E-state index is 0.332. The van der Waals surface area contributed by atoms with Gasteiger partial charge in [-0.2, -0.15) is 4.98 Å². The number of pyridine rings is 1. The second-order valence-corrected chi connectivity index (χ2v) is 8.86. The first-order valence-corrected chi connectivity index (χ1v) is 12.1. The van der Waals surface area contributed by atoms with Gasteiger partial charge in [-0.25, -0.2) is 0 Å². The molecule has 6 nitrogen and oxygen atoms in total. The average Bonchev–Trinajstić information content (AvgIpc) is 3.52. The Morgan fingerprint density at radius 3 is 2.40 bits per heavy atom. The zero-order valence-corrected chi connectivity index (χ0v) is 20.4. The quantitative estimate of drug-likeness (QED) is 0.209. The van der Waals surface area contributed by atoms with E-state index in [0.717, 1.165) is 28.8 Å². The molecule has 0 spiro atoms. The maximum absolute atomic E-state index is 6.38. The first kappa shape index (κ1) is 23.0. The largest absolute Gasteiger partial charge is 0.360 e. The molecule has 176 valence electrons. The molecule has 0 unspecified atom stereocenters. The maximum atomic E-state index is 6.38. The van der Waals surface area contributed by atoms with Crippen molar-refractivity contribution in [1.29, 1.82) is 0 Å². The summed E-state index contributed by atoms with van der Waals surface area (Å²) in [5, 5.41) is 8.94. The van der Waals surface area contributed by atoms with Crippen molar-refractivity contribution >= 4 is 11.6 Å².